The number of aryl methyl sites for hydroxylation is 5. The number of aliphatic imine (C=N–C) groups is 1. The van der Waals surface area contributed by atoms with E-state index >= 15 is 0 Å². The van der Waals surface area contributed by atoms with E-state index in [9.17, 15) is 38.9 Å². The molecule has 0 unspecified atom stereocenters. The van der Waals surface area contributed by atoms with Crippen LogP contribution >= 0.6 is 0 Å². The summed E-state index contributed by atoms with van der Waals surface area (Å²) >= 11 is 0. The maximum Gasteiger partial charge on any atom is 0.295 e. The van der Waals surface area contributed by atoms with Crippen LogP contribution in [0.15, 0.2) is 104 Å². The molecule has 16 heteroatoms. The van der Waals surface area contributed by atoms with Crippen LogP contribution in [0, 0.1) is 41.5 Å². The summed E-state index contributed by atoms with van der Waals surface area (Å²) in [6.07, 6.45) is 4.97. The van der Waals surface area contributed by atoms with Crippen molar-refractivity contribution in [3.05, 3.63) is 129 Å². The molecule has 0 aromatic heterocycles. The van der Waals surface area contributed by atoms with Crippen LogP contribution in [0.4, 0.5) is 17.1 Å². The predicted octanol–water partition coefficient (Wildman–Crippen LogP) is 7.70. The monoisotopic (exact) mass is 808 g/mol. The van der Waals surface area contributed by atoms with Gasteiger partial charge in [-0.25, -0.2) is 4.99 Å². The van der Waals surface area contributed by atoms with Gasteiger partial charge in [-0.15, -0.1) is 0 Å². The molecule has 13 nitrogen and oxygen atoms in total. The van der Waals surface area contributed by atoms with Gasteiger partial charge in [-0.1, -0.05) is 29.8 Å². The fourth-order valence-corrected chi connectivity index (χ4v) is 9.09. The Morgan fingerprint density at radius 2 is 1.31 bits per heavy atom. The molecule has 0 spiro atoms. The minimum absolute atomic E-state index is 0.125. The smallest absolute Gasteiger partial charge is 0.295 e. The number of hydrogen-bond donors (Lipinski definition) is 4. The molecule has 55 heavy (non-hydrogen) atoms. The summed E-state index contributed by atoms with van der Waals surface area (Å²) < 4.78 is 116. The molecule has 0 atom stereocenters. The molecular weight excluding hydrogens is 769 g/mol. The number of ether oxygens (including phenoxy) is 2. The molecule has 0 aliphatic heterocycles. The van der Waals surface area contributed by atoms with Crippen molar-refractivity contribution in [2.24, 2.45) is 4.99 Å². The van der Waals surface area contributed by atoms with E-state index in [4.69, 9.17) is 14.5 Å². The second kappa shape index (κ2) is 15.2. The molecule has 0 bridgehead atoms. The van der Waals surface area contributed by atoms with Crippen molar-refractivity contribution in [1.82, 2.24) is 0 Å². The topological polar surface area (TPSA) is 206 Å². The van der Waals surface area contributed by atoms with Crippen LogP contribution in [0.2, 0.25) is 0 Å². The standard InChI is InChI=1S/C39H40N2O11S3/c1-21-15-22(2)37(23(3)16-21)40-27-9-12-30(33(18-27)51-7)36(32-14-11-29(53(42,43)44)20-35(32)54(45,46)47)31-13-10-28(19-34(31)52-8)41-38-24(4)17-25(5)39(26(38)6)55(48,49)50/h9-20,41H,1-8H3,(H,42,43,44)(H,45,46,47)(H,48,49,50). The summed E-state index contributed by atoms with van der Waals surface area (Å²) in [5.74, 6) is 0.394. The van der Waals surface area contributed by atoms with Gasteiger partial charge in [-0.3, -0.25) is 13.7 Å². The molecule has 0 heterocycles. The van der Waals surface area contributed by atoms with Gasteiger partial charge in [0.15, 0.2) is 0 Å². The predicted molar refractivity (Wildman–Crippen MR) is 211 cm³/mol. The average Bonchev–Trinajstić information content (AvgIpc) is 3.07. The van der Waals surface area contributed by atoms with Gasteiger partial charge in [-0.05, 0) is 106 Å². The van der Waals surface area contributed by atoms with Crippen LogP contribution in [0.3, 0.4) is 0 Å². The first-order valence-corrected chi connectivity index (χ1v) is 20.8. The highest BCUT2D eigenvalue weighted by molar-refractivity contribution is 7.86. The highest BCUT2D eigenvalue weighted by atomic mass is 32.2. The summed E-state index contributed by atoms with van der Waals surface area (Å²) in [6, 6.07) is 13.2. The van der Waals surface area contributed by atoms with E-state index in [1.165, 1.54) is 14.2 Å². The number of rotatable bonds is 10. The van der Waals surface area contributed by atoms with Gasteiger partial charge in [0.25, 0.3) is 30.4 Å². The Balaban J connectivity index is 1.79. The van der Waals surface area contributed by atoms with E-state index in [0.717, 1.165) is 34.5 Å². The van der Waals surface area contributed by atoms with Crippen molar-refractivity contribution in [3.8, 4) is 5.75 Å². The van der Waals surface area contributed by atoms with Gasteiger partial charge < -0.3 is 14.8 Å². The second-order valence-electron chi connectivity index (χ2n) is 13.1. The molecule has 0 saturated heterocycles. The van der Waals surface area contributed by atoms with Crippen LogP contribution in [0.25, 0.3) is 5.57 Å². The van der Waals surface area contributed by atoms with Crippen LogP contribution in [-0.2, 0) is 35.1 Å². The SMILES string of the molecule is COC1=CC(=Nc2c(C)cc(C)cc2C)C=CC1=C(c1ccc(Nc2c(C)cc(C)c(S(=O)(=O)O)c2C)cc1OC)c1ccc(S(=O)(=O)O)cc1S(=O)(=O)O. The van der Waals surface area contributed by atoms with E-state index in [-0.39, 0.29) is 38.7 Å². The number of methoxy groups -OCH3 is 2. The molecule has 0 fully saturated rings. The zero-order valence-corrected chi connectivity index (χ0v) is 33.7. The minimum Gasteiger partial charge on any atom is -0.496 e. The fraction of sp³-hybridized carbons (Fsp3) is 0.205. The third-order valence-electron chi connectivity index (χ3n) is 9.03. The van der Waals surface area contributed by atoms with Crippen LogP contribution in [0.1, 0.15) is 44.5 Å². The van der Waals surface area contributed by atoms with Crippen molar-refractivity contribution in [2.75, 3.05) is 19.5 Å². The van der Waals surface area contributed by atoms with Gasteiger partial charge in [0.2, 0.25) is 0 Å². The Morgan fingerprint density at radius 3 is 1.87 bits per heavy atom. The normalized spacial score (nSPS) is 15.2. The van der Waals surface area contributed by atoms with Gasteiger partial charge in [0.05, 0.1) is 30.5 Å². The molecule has 4 N–H and O–H groups in total. The summed E-state index contributed by atoms with van der Waals surface area (Å²) in [6.45, 7) is 10.8. The minimum atomic E-state index is -5.13. The summed E-state index contributed by atoms with van der Waals surface area (Å²) in [5, 5.41) is 3.19. The molecule has 0 radical (unpaired) electrons. The van der Waals surface area contributed by atoms with Gasteiger partial charge in [-0.2, -0.15) is 25.3 Å². The Morgan fingerprint density at radius 1 is 0.673 bits per heavy atom. The number of hydrogen-bond acceptors (Lipinski definition) is 10. The average molecular weight is 809 g/mol. The third kappa shape index (κ3) is 8.59. The van der Waals surface area contributed by atoms with Crippen molar-refractivity contribution < 1.29 is 48.4 Å². The fourth-order valence-electron chi connectivity index (χ4n) is 6.83. The molecule has 5 rings (SSSR count). The van der Waals surface area contributed by atoms with E-state index in [1.807, 2.05) is 32.9 Å². The van der Waals surface area contributed by atoms with Crippen molar-refractivity contribution in [1.29, 1.82) is 0 Å². The lowest BCUT2D eigenvalue weighted by atomic mass is 9.89. The third-order valence-corrected chi connectivity index (χ3v) is 11.9. The van der Waals surface area contributed by atoms with Crippen LogP contribution in [-0.4, -0.2) is 58.8 Å². The number of allylic oxidation sites excluding steroid dienone is 3. The molecule has 4 aromatic rings. The molecular formula is C39H40N2O11S3. The van der Waals surface area contributed by atoms with Crippen molar-refractivity contribution in [3.63, 3.8) is 0 Å². The van der Waals surface area contributed by atoms with E-state index < -0.39 is 40.1 Å². The lowest BCUT2D eigenvalue weighted by Crippen LogP contribution is -2.11. The summed E-state index contributed by atoms with van der Waals surface area (Å²) in [7, 11) is -11.8. The number of anilines is 2. The van der Waals surface area contributed by atoms with Gasteiger partial charge >= 0.3 is 0 Å². The van der Waals surface area contributed by atoms with Crippen molar-refractivity contribution in [2.45, 2.75) is 56.2 Å². The lowest BCUT2D eigenvalue weighted by Gasteiger charge is -2.23. The Bertz CT molecular complexity index is 2710. The Kier molecular flexibility index (Phi) is 11.4. The molecule has 0 amide bonds. The number of nitrogens with zero attached hydrogens (tertiary/aromatic N) is 1. The lowest BCUT2D eigenvalue weighted by molar-refractivity contribution is 0.303. The molecule has 4 aromatic carbocycles. The maximum absolute atomic E-state index is 12.9. The maximum atomic E-state index is 12.9. The largest absolute Gasteiger partial charge is 0.496 e. The number of nitrogens with one attached hydrogen (secondary N) is 1. The highest BCUT2D eigenvalue weighted by Gasteiger charge is 2.29. The summed E-state index contributed by atoms with van der Waals surface area (Å²) in [4.78, 5) is 3.02. The van der Waals surface area contributed by atoms with Gasteiger partial charge in [0.1, 0.15) is 21.3 Å². The number of benzene rings is 4. The molecule has 0 saturated carbocycles. The second-order valence-corrected chi connectivity index (χ2v) is 17.3. The zero-order valence-electron chi connectivity index (χ0n) is 31.2. The van der Waals surface area contributed by atoms with Crippen LogP contribution < -0.4 is 10.1 Å². The zero-order chi connectivity index (χ0) is 40.8. The van der Waals surface area contributed by atoms with Crippen LogP contribution in [0.5, 0.6) is 5.75 Å². The first-order valence-electron chi connectivity index (χ1n) is 16.5. The first-order chi connectivity index (χ1) is 25.5. The molecule has 1 aliphatic rings. The molecule has 1 aliphatic carbocycles. The first kappa shape index (κ1) is 41.1. The summed E-state index contributed by atoms with van der Waals surface area (Å²) in [5.41, 5.74) is 6.92. The quantitative estimate of drug-likeness (QED) is 0.114. The van der Waals surface area contributed by atoms with Crippen molar-refractivity contribution >= 4 is 58.7 Å². The van der Waals surface area contributed by atoms with Gasteiger partial charge in [0, 0.05) is 45.8 Å². The Hall–Kier alpha value is -5.10. The van der Waals surface area contributed by atoms with E-state index in [0.29, 0.717) is 39.9 Å². The highest BCUT2D eigenvalue weighted by Crippen LogP contribution is 2.43. The molecule has 290 valence electrons. The van der Waals surface area contributed by atoms with E-state index in [1.54, 1.807) is 63.3 Å². The Labute approximate surface area is 321 Å². The van der Waals surface area contributed by atoms with E-state index in [2.05, 4.69) is 5.32 Å².